The highest BCUT2D eigenvalue weighted by molar-refractivity contribution is 5.95. The number of aromatic nitrogens is 3. The van der Waals surface area contributed by atoms with Gasteiger partial charge >= 0.3 is 0 Å². The van der Waals surface area contributed by atoms with Crippen LogP contribution in [0.25, 0.3) is 0 Å². The summed E-state index contributed by atoms with van der Waals surface area (Å²) >= 11 is 0. The minimum Gasteiger partial charge on any atom is -0.479 e. The molecule has 7 heteroatoms. The number of hydrogen-bond donors (Lipinski definition) is 0. The Bertz CT molecular complexity index is 777. The van der Waals surface area contributed by atoms with Gasteiger partial charge in [-0.25, -0.2) is 4.68 Å². The Kier molecular flexibility index (Phi) is 4.47. The topological polar surface area (TPSA) is 84.0 Å². The molecule has 0 fully saturated rings. The van der Waals surface area contributed by atoms with Crippen molar-refractivity contribution in [3.63, 3.8) is 0 Å². The number of fused-ring (bicyclic) bond motifs is 1. The van der Waals surface area contributed by atoms with Crippen molar-refractivity contribution >= 4 is 11.9 Å². The van der Waals surface area contributed by atoms with Gasteiger partial charge in [-0.15, -0.1) is 0 Å². The molecule has 0 aliphatic carbocycles. The number of hydrogen-bond acceptors (Lipinski definition) is 5. The molecule has 2 aromatic rings. The molecule has 0 saturated carbocycles. The molecule has 0 N–H and O–H groups in total. The Labute approximate surface area is 140 Å². The highest BCUT2D eigenvalue weighted by Crippen LogP contribution is 2.24. The van der Waals surface area contributed by atoms with Crippen LogP contribution in [-0.4, -0.2) is 33.3 Å². The predicted molar refractivity (Wildman–Crippen MR) is 87.4 cm³/mol. The van der Waals surface area contributed by atoms with Crippen LogP contribution < -0.4 is 9.64 Å². The molecule has 1 aliphatic rings. The lowest BCUT2D eigenvalue weighted by Gasteiger charge is -2.31. The second kappa shape index (κ2) is 6.71. The molecule has 1 amide bonds. The number of amides is 1. The average molecular weight is 325 g/mol. The quantitative estimate of drug-likeness (QED) is 0.858. The fourth-order valence-corrected chi connectivity index (χ4v) is 2.74. The van der Waals surface area contributed by atoms with Crippen LogP contribution in [0.4, 0.5) is 5.95 Å². The Morgan fingerprint density at radius 3 is 2.88 bits per heavy atom. The summed E-state index contributed by atoms with van der Waals surface area (Å²) in [6.45, 7) is 5.19. The molecule has 124 valence electrons. The summed E-state index contributed by atoms with van der Waals surface area (Å²) in [6.07, 6.45) is 1.58. The fourth-order valence-electron chi connectivity index (χ4n) is 2.74. The van der Waals surface area contributed by atoms with Crippen molar-refractivity contribution in [2.75, 3.05) is 11.4 Å². The van der Waals surface area contributed by atoms with Crippen LogP contribution in [0.2, 0.25) is 0 Å². The normalized spacial score (nSPS) is 14.8. The fraction of sp³-hybridized carbons (Fsp3) is 0.412. The van der Waals surface area contributed by atoms with Gasteiger partial charge in [0.2, 0.25) is 5.95 Å². The number of anilines is 1. The molecular weight excluding hydrogens is 306 g/mol. The number of nitrogens with zero attached hydrogens (tertiary/aromatic N) is 5. The standard InChI is InChI=1S/C17H19N5O2/c1-12(2)15(24-14-7-4-3-6-13(14)10-18)16(23)21-8-5-9-22-17(21)19-11-20-22/h3-4,6-7,11-12,15H,5,8-9H2,1-2H3. The SMILES string of the molecule is CC(C)C(Oc1ccccc1C#N)C(=O)N1CCCn2ncnc21. The summed E-state index contributed by atoms with van der Waals surface area (Å²) in [5.74, 6) is 0.758. The number of aryl methyl sites for hydroxylation is 1. The van der Waals surface area contributed by atoms with E-state index in [0.717, 1.165) is 13.0 Å². The first kappa shape index (κ1) is 16.0. The molecule has 1 unspecified atom stereocenters. The summed E-state index contributed by atoms with van der Waals surface area (Å²) in [5.41, 5.74) is 0.415. The number of benzene rings is 1. The molecule has 1 aromatic heterocycles. The van der Waals surface area contributed by atoms with Gasteiger partial charge in [-0.1, -0.05) is 26.0 Å². The van der Waals surface area contributed by atoms with Crippen LogP contribution in [0.15, 0.2) is 30.6 Å². The second-order valence-corrected chi connectivity index (χ2v) is 6.02. The minimum atomic E-state index is -0.692. The van der Waals surface area contributed by atoms with E-state index in [-0.39, 0.29) is 11.8 Å². The number of para-hydroxylation sites is 1. The van der Waals surface area contributed by atoms with Crippen LogP contribution in [0, 0.1) is 17.2 Å². The second-order valence-electron chi connectivity index (χ2n) is 6.02. The molecule has 0 spiro atoms. The monoisotopic (exact) mass is 325 g/mol. The van der Waals surface area contributed by atoms with Gasteiger partial charge in [0.1, 0.15) is 18.1 Å². The van der Waals surface area contributed by atoms with Crippen LogP contribution in [0.1, 0.15) is 25.8 Å². The lowest BCUT2D eigenvalue weighted by molar-refractivity contribution is -0.127. The van der Waals surface area contributed by atoms with Crippen LogP contribution in [0.5, 0.6) is 5.75 Å². The van der Waals surface area contributed by atoms with E-state index in [0.29, 0.717) is 23.8 Å². The maximum atomic E-state index is 13.0. The first-order valence-electron chi connectivity index (χ1n) is 7.96. The highest BCUT2D eigenvalue weighted by Gasteiger charge is 2.34. The van der Waals surface area contributed by atoms with E-state index in [1.54, 1.807) is 33.8 Å². The van der Waals surface area contributed by atoms with Crippen molar-refractivity contribution in [2.24, 2.45) is 5.92 Å². The Morgan fingerprint density at radius 1 is 1.33 bits per heavy atom. The Balaban J connectivity index is 1.87. The van der Waals surface area contributed by atoms with Crippen molar-refractivity contribution in [3.05, 3.63) is 36.2 Å². The molecule has 3 rings (SSSR count). The molecule has 2 heterocycles. The highest BCUT2D eigenvalue weighted by atomic mass is 16.5. The minimum absolute atomic E-state index is 0.0532. The summed E-state index contributed by atoms with van der Waals surface area (Å²) in [6, 6.07) is 9.03. The zero-order valence-corrected chi connectivity index (χ0v) is 13.7. The largest absolute Gasteiger partial charge is 0.479 e. The van der Waals surface area contributed by atoms with Gasteiger partial charge < -0.3 is 4.74 Å². The molecule has 1 aromatic carbocycles. The molecular formula is C17H19N5O2. The summed E-state index contributed by atoms with van der Waals surface area (Å²) in [7, 11) is 0. The van der Waals surface area contributed by atoms with Gasteiger partial charge in [0.05, 0.1) is 5.56 Å². The van der Waals surface area contributed by atoms with Crippen LogP contribution in [0.3, 0.4) is 0 Å². The lowest BCUT2D eigenvalue weighted by Crippen LogP contribution is -2.48. The third-order valence-corrected chi connectivity index (χ3v) is 3.96. The van der Waals surface area contributed by atoms with Crippen molar-refractivity contribution in [2.45, 2.75) is 32.9 Å². The van der Waals surface area contributed by atoms with E-state index in [1.165, 1.54) is 6.33 Å². The molecule has 0 bridgehead atoms. The molecule has 0 saturated heterocycles. The number of nitriles is 1. The summed E-state index contributed by atoms with van der Waals surface area (Å²) in [4.78, 5) is 18.9. The zero-order valence-electron chi connectivity index (χ0n) is 13.7. The van der Waals surface area contributed by atoms with Gasteiger partial charge in [-0.2, -0.15) is 15.3 Å². The molecule has 7 nitrogen and oxygen atoms in total. The van der Waals surface area contributed by atoms with E-state index in [9.17, 15) is 10.1 Å². The Morgan fingerprint density at radius 2 is 2.12 bits per heavy atom. The van der Waals surface area contributed by atoms with Crippen LogP contribution >= 0.6 is 0 Å². The van der Waals surface area contributed by atoms with E-state index in [2.05, 4.69) is 16.2 Å². The number of carbonyl (C=O) groups is 1. The smallest absolute Gasteiger partial charge is 0.270 e. The van der Waals surface area contributed by atoms with E-state index in [4.69, 9.17) is 4.74 Å². The average Bonchev–Trinajstić information content (AvgIpc) is 3.07. The lowest BCUT2D eigenvalue weighted by atomic mass is 10.1. The van der Waals surface area contributed by atoms with E-state index < -0.39 is 6.10 Å². The number of carbonyl (C=O) groups excluding carboxylic acids is 1. The maximum Gasteiger partial charge on any atom is 0.270 e. The first-order valence-corrected chi connectivity index (χ1v) is 7.96. The summed E-state index contributed by atoms with van der Waals surface area (Å²) < 4.78 is 7.66. The van der Waals surface area contributed by atoms with Gasteiger partial charge in [0.15, 0.2) is 6.10 Å². The zero-order chi connectivity index (χ0) is 17.1. The van der Waals surface area contributed by atoms with E-state index in [1.807, 2.05) is 13.8 Å². The third kappa shape index (κ3) is 2.95. The molecule has 1 aliphatic heterocycles. The van der Waals surface area contributed by atoms with Gasteiger partial charge in [-0.3, -0.25) is 9.69 Å². The number of rotatable bonds is 4. The van der Waals surface area contributed by atoms with Crippen molar-refractivity contribution < 1.29 is 9.53 Å². The predicted octanol–water partition coefficient (Wildman–Crippen LogP) is 1.99. The van der Waals surface area contributed by atoms with Gasteiger partial charge in [-0.05, 0) is 24.5 Å². The summed E-state index contributed by atoms with van der Waals surface area (Å²) in [5, 5.41) is 13.3. The van der Waals surface area contributed by atoms with Gasteiger partial charge in [0, 0.05) is 13.1 Å². The van der Waals surface area contributed by atoms with E-state index >= 15 is 0 Å². The number of ether oxygens (including phenoxy) is 1. The third-order valence-electron chi connectivity index (χ3n) is 3.96. The first-order chi connectivity index (χ1) is 11.6. The van der Waals surface area contributed by atoms with Gasteiger partial charge in [0.25, 0.3) is 5.91 Å². The van der Waals surface area contributed by atoms with Crippen molar-refractivity contribution in [3.8, 4) is 11.8 Å². The maximum absolute atomic E-state index is 13.0. The van der Waals surface area contributed by atoms with Crippen molar-refractivity contribution in [1.29, 1.82) is 5.26 Å². The Hall–Kier alpha value is -2.88. The molecule has 0 radical (unpaired) electrons. The molecule has 24 heavy (non-hydrogen) atoms. The van der Waals surface area contributed by atoms with Crippen molar-refractivity contribution in [1.82, 2.24) is 14.8 Å². The molecule has 1 atom stereocenters. The van der Waals surface area contributed by atoms with Crippen LogP contribution in [-0.2, 0) is 11.3 Å².